The molecule has 2 amide bonds. The van der Waals surface area contributed by atoms with Crippen LogP contribution in [0.1, 0.15) is 55.2 Å². The lowest BCUT2D eigenvalue weighted by Crippen LogP contribution is -3.00. The Hall–Kier alpha value is -3.60. The smallest absolute Gasteiger partial charge is 0.251 e. The first kappa shape index (κ1) is 35.8. The van der Waals surface area contributed by atoms with E-state index in [9.17, 15) is 14.7 Å². The van der Waals surface area contributed by atoms with E-state index in [1.54, 1.807) is 4.90 Å². The molecule has 0 bridgehead atoms. The first-order valence-corrected chi connectivity index (χ1v) is 18.5. The topological polar surface area (TPSA) is 111 Å². The van der Waals surface area contributed by atoms with Crippen LogP contribution in [-0.4, -0.2) is 108 Å². The molecular weight excluding hydrogens is 664 g/mol. The molecule has 3 aromatic rings. The number of hydrogen-bond donors (Lipinski definition) is 3. The van der Waals surface area contributed by atoms with Gasteiger partial charge in [-0.15, -0.1) is 0 Å². The summed E-state index contributed by atoms with van der Waals surface area (Å²) in [5.74, 6) is -0.435. The molecule has 5 heterocycles. The minimum absolute atomic E-state index is 0. The van der Waals surface area contributed by atoms with Gasteiger partial charge in [0.2, 0.25) is 5.91 Å². The third kappa shape index (κ3) is 6.64. The number of benzene rings is 3. The number of carbonyl (C=O) groups is 3. The third-order valence-corrected chi connectivity index (χ3v) is 12.3. The number of rotatable bonds is 10. The average molecular weight is 713 g/mol. The van der Waals surface area contributed by atoms with Crippen molar-refractivity contribution in [2.45, 2.75) is 73.8 Å². The highest BCUT2D eigenvalue weighted by atomic mass is 35.5. The predicted octanol–water partition coefficient (Wildman–Crippen LogP) is 0.192. The summed E-state index contributed by atoms with van der Waals surface area (Å²) in [5, 5.41) is 17.3. The van der Waals surface area contributed by atoms with E-state index in [1.165, 1.54) is 6.54 Å². The number of aliphatic hydroxyl groups is 1. The van der Waals surface area contributed by atoms with Crippen molar-refractivity contribution in [1.29, 1.82) is 0 Å². The minimum Gasteiger partial charge on any atom is -1.00 e. The Balaban J connectivity index is 0.00000406. The number of ketones is 1. The van der Waals surface area contributed by atoms with Gasteiger partial charge in [0.25, 0.3) is 5.91 Å². The molecule has 1 spiro atoms. The molecule has 5 aliphatic heterocycles. The number of halogens is 1. The summed E-state index contributed by atoms with van der Waals surface area (Å²) >= 11 is 0. The van der Waals surface area contributed by atoms with Crippen molar-refractivity contribution in [1.82, 2.24) is 15.5 Å². The van der Waals surface area contributed by atoms with Gasteiger partial charge in [-0.3, -0.25) is 19.7 Å². The van der Waals surface area contributed by atoms with Crippen LogP contribution in [0, 0.1) is 5.92 Å². The number of quaternary nitrogens is 1. The number of Topliss-reactive ketones (excluding diaryl/α,β-unsaturated/α-hetero) is 1. The summed E-state index contributed by atoms with van der Waals surface area (Å²) in [7, 11) is 0. The van der Waals surface area contributed by atoms with Crippen molar-refractivity contribution >= 4 is 17.6 Å². The summed E-state index contributed by atoms with van der Waals surface area (Å²) in [5.41, 5.74) is 0.277. The molecule has 0 aromatic heterocycles. The lowest BCUT2D eigenvalue weighted by Gasteiger charge is -2.42. The molecule has 5 saturated heterocycles. The van der Waals surface area contributed by atoms with E-state index in [0.29, 0.717) is 44.1 Å². The van der Waals surface area contributed by atoms with Crippen LogP contribution >= 0.6 is 0 Å². The van der Waals surface area contributed by atoms with Crippen LogP contribution in [0.15, 0.2) is 91.0 Å². The molecule has 270 valence electrons. The van der Waals surface area contributed by atoms with Gasteiger partial charge in [0, 0.05) is 38.4 Å². The van der Waals surface area contributed by atoms with Gasteiger partial charge < -0.3 is 37.0 Å². The van der Waals surface area contributed by atoms with E-state index >= 15 is 4.79 Å². The standard InChI is InChI=1S/C41H48N4O5.ClH/c46-33-22-41(43-25-33,37(47)23-40(30-13-4-1-5-14-30,31-15-6-2-7-16-31)32-17-8-3-9-18-32)39(49)44-20-10-19-34(44)38(48)42-24-29-12-11-21-45(26-29)27-35-36(28-45)50-35;/h1-9,13-18,29,33-36,43,46H,10-12,19-28H2;1H/t29-,33-,34-,35?,36?,41+,45?;/m1./s1. The van der Waals surface area contributed by atoms with E-state index in [4.69, 9.17) is 4.74 Å². The Labute approximate surface area is 306 Å². The third-order valence-electron chi connectivity index (χ3n) is 12.3. The van der Waals surface area contributed by atoms with Crippen molar-refractivity contribution in [2.75, 3.05) is 45.8 Å². The van der Waals surface area contributed by atoms with Gasteiger partial charge in [-0.1, -0.05) is 91.0 Å². The quantitative estimate of drug-likeness (QED) is 0.120. The largest absolute Gasteiger partial charge is 1.00 e. The maximum atomic E-state index is 15.1. The molecule has 0 aliphatic carbocycles. The molecule has 5 fully saturated rings. The van der Waals surface area contributed by atoms with Gasteiger partial charge in [-0.25, -0.2) is 0 Å². The van der Waals surface area contributed by atoms with Crippen molar-refractivity contribution in [2.24, 2.45) is 5.92 Å². The normalized spacial score (nSPS) is 31.2. The van der Waals surface area contributed by atoms with Crippen LogP contribution in [-0.2, 0) is 24.5 Å². The van der Waals surface area contributed by atoms with Crippen molar-refractivity contribution in [3.8, 4) is 0 Å². The predicted molar refractivity (Wildman–Crippen MR) is 189 cm³/mol. The number of amides is 2. The Morgan fingerprint density at radius 2 is 1.45 bits per heavy atom. The maximum absolute atomic E-state index is 15.1. The van der Waals surface area contributed by atoms with E-state index < -0.39 is 29.0 Å². The Morgan fingerprint density at radius 1 is 0.863 bits per heavy atom. The van der Waals surface area contributed by atoms with Crippen LogP contribution in [0.2, 0.25) is 0 Å². The van der Waals surface area contributed by atoms with Crippen LogP contribution in [0.5, 0.6) is 0 Å². The van der Waals surface area contributed by atoms with Gasteiger partial charge in [0.05, 0.1) is 24.6 Å². The van der Waals surface area contributed by atoms with E-state index in [2.05, 4.69) is 10.6 Å². The van der Waals surface area contributed by atoms with Gasteiger partial charge in [0.15, 0.2) is 11.3 Å². The zero-order chi connectivity index (χ0) is 34.3. The number of morpholine rings is 1. The van der Waals surface area contributed by atoms with Gasteiger partial charge in [0.1, 0.15) is 31.3 Å². The summed E-state index contributed by atoms with van der Waals surface area (Å²) < 4.78 is 6.83. The van der Waals surface area contributed by atoms with Crippen molar-refractivity contribution in [3.05, 3.63) is 108 Å². The summed E-state index contributed by atoms with van der Waals surface area (Å²) in [6.45, 7) is 5.57. The zero-order valence-corrected chi connectivity index (χ0v) is 29.8. The number of β-amino-alcohol motifs (C(OH)–C–C–N with tert-alkyl or cyclic N) is 1. The first-order valence-electron chi connectivity index (χ1n) is 18.5. The number of carbonyl (C=O) groups excluding carboxylic acids is 3. The number of nitrogens with one attached hydrogen (secondary N) is 2. The molecule has 0 radical (unpaired) electrons. The maximum Gasteiger partial charge on any atom is 0.251 e. The summed E-state index contributed by atoms with van der Waals surface area (Å²) in [6.07, 6.45) is 3.45. The number of aliphatic hydroxyl groups excluding tert-OH is 1. The van der Waals surface area contributed by atoms with Gasteiger partial charge in [-0.05, 0) is 42.4 Å². The number of ether oxygens (including phenoxy) is 1. The van der Waals surface area contributed by atoms with Crippen molar-refractivity contribution < 1.29 is 41.1 Å². The van der Waals surface area contributed by atoms with E-state index in [1.807, 2.05) is 91.0 Å². The Bertz CT molecular complexity index is 1600. The van der Waals surface area contributed by atoms with E-state index in [-0.39, 0.29) is 43.5 Å². The second kappa shape index (κ2) is 14.4. The molecule has 8 rings (SSSR count). The monoisotopic (exact) mass is 712 g/mol. The zero-order valence-electron chi connectivity index (χ0n) is 29.1. The number of epoxide rings is 1. The lowest BCUT2D eigenvalue weighted by molar-refractivity contribution is -0.930. The number of fused-ring (bicyclic) bond motifs is 1. The fourth-order valence-electron chi connectivity index (χ4n) is 9.82. The number of piperidine rings is 1. The minimum atomic E-state index is -1.65. The van der Waals surface area contributed by atoms with E-state index in [0.717, 1.165) is 53.6 Å². The summed E-state index contributed by atoms with van der Waals surface area (Å²) in [6, 6.07) is 29.3. The number of hydrogen-bond acceptors (Lipinski definition) is 6. The molecule has 5 aliphatic rings. The fraction of sp³-hybridized carbons (Fsp3) is 0.488. The SMILES string of the molecule is O=C(NC[C@H]1CCC[N+]2(CC3OC3C2)C1)[C@H]1CCCN1C(=O)[C@@]1(C(=O)CC(c2ccccc2)(c2ccccc2)c2ccccc2)C[C@@H](O)CN1.[Cl-]. The molecule has 9 nitrogen and oxygen atoms in total. The second-order valence-corrected chi connectivity index (χ2v) is 15.5. The average Bonchev–Trinajstić information content (AvgIpc) is 3.48. The molecule has 51 heavy (non-hydrogen) atoms. The highest BCUT2D eigenvalue weighted by Gasteiger charge is 2.59. The molecular formula is C41H49ClN4O5. The summed E-state index contributed by atoms with van der Waals surface area (Å²) in [4.78, 5) is 45.3. The number of nitrogens with zero attached hydrogens (tertiary/aromatic N) is 2. The fourth-order valence-corrected chi connectivity index (χ4v) is 9.82. The Morgan fingerprint density at radius 3 is 2.00 bits per heavy atom. The van der Waals surface area contributed by atoms with Crippen LogP contribution in [0.3, 0.4) is 0 Å². The van der Waals surface area contributed by atoms with Crippen LogP contribution in [0.4, 0.5) is 0 Å². The van der Waals surface area contributed by atoms with Gasteiger partial charge in [-0.2, -0.15) is 0 Å². The van der Waals surface area contributed by atoms with Crippen LogP contribution < -0.4 is 23.0 Å². The highest BCUT2D eigenvalue weighted by Crippen LogP contribution is 2.45. The van der Waals surface area contributed by atoms with Crippen molar-refractivity contribution in [3.63, 3.8) is 0 Å². The second-order valence-electron chi connectivity index (χ2n) is 15.5. The highest BCUT2D eigenvalue weighted by molar-refractivity contribution is 6.12. The molecule has 10 heteroatoms. The Kier molecular flexibility index (Phi) is 10.1. The molecule has 3 N–H and O–H groups in total. The molecule has 0 saturated carbocycles. The molecule has 3 aromatic carbocycles. The van der Waals surface area contributed by atoms with Gasteiger partial charge >= 0.3 is 0 Å². The number of likely N-dealkylation sites (tertiary alicyclic amines) is 1. The molecule has 6 atom stereocenters. The first-order chi connectivity index (χ1) is 24.3. The lowest BCUT2D eigenvalue weighted by atomic mass is 9.64. The van der Waals surface area contributed by atoms with Crippen LogP contribution in [0.25, 0.3) is 0 Å². The molecule has 2 unspecified atom stereocenters.